The quantitative estimate of drug-likeness (QED) is 0.269. The number of carbonyl (C=O) groups excluding carboxylic acids is 3. The van der Waals surface area contributed by atoms with Gasteiger partial charge in [-0.05, 0) is 64.0 Å². The number of anilines is 1. The molecule has 1 fully saturated rings. The monoisotopic (exact) mass is 528 g/mol. The second kappa shape index (κ2) is 10.9. The average Bonchev–Trinajstić information content (AvgIpc) is 3.16. The third-order valence-electron chi connectivity index (χ3n) is 5.78. The van der Waals surface area contributed by atoms with Gasteiger partial charge >= 0.3 is 0 Å². The van der Waals surface area contributed by atoms with Gasteiger partial charge in [0.2, 0.25) is 5.91 Å². The third kappa shape index (κ3) is 5.69. The number of rotatable bonds is 7. The molecule has 5 rings (SSSR count). The number of halogens is 1. The molecule has 184 valence electrons. The van der Waals surface area contributed by atoms with Crippen molar-refractivity contribution in [1.82, 2.24) is 4.90 Å². The van der Waals surface area contributed by atoms with Gasteiger partial charge in [-0.3, -0.25) is 19.3 Å². The van der Waals surface area contributed by atoms with E-state index in [2.05, 4.69) is 23.5 Å². The molecular weight excluding hydrogens is 508 g/mol. The van der Waals surface area contributed by atoms with Crippen LogP contribution < -0.4 is 10.1 Å². The van der Waals surface area contributed by atoms with Crippen molar-refractivity contribution in [1.29, 1.82) is 0 Å². The molecule has 0 bridgehead atoms. The lowest BCUT2D eigenvalue weighted by Gasteiger charge is -2.13. The van der Waals surface area contributed by atoms with Crippen molar-refractivity contribution in [3.05, 3.63) is 112 Å². The van der Waals surface area contributed by atoms with Gasteiger partial charge in [-0.25, -0.2) is 0 Å². The Morgan fingerprint density at radius 1 is 0.919 bits per heavy atom. The summed E-state index contributed by atoms with van der Waals surface area (Å²) in [7, 11) is 0. The van der Waals surface area contributed by atoms with E-state index in [9.17, 15) is 14.4 Å². The zero-order chi connectivity index (χ0) is 25.8. The van der Waals surface area contributed by atoms with Gasteiger partial charge in [-0.15, -0.1) is 0 Å². The number of fused-ring (bicyclic) bond motifs is 1. The Morgan fingerprint density at radius 3 is 2.46 bits per heavy atom. The highest BCUT2D eigenvalue weighted by Gasteiger charge is 2.36. The number of nitrogens with zero attached hydrogens (tertiary/aromatic N) is 1. The van der Waals surface area contributed by atoms with Crippen LogP contribution in [0.5, 0.6) is 5.75 Å². The number of amides is 3. The van der Waals surface area contributed by atoms with Gasteiger partial charge < -0.3 is 10.1 Å². The Kier molecular flexibility index (Phi) is 7.25. The Hall–Kier alpha value is -4.07. The molecule has 4 aromatic carbocycles. The minimum Gasteiger partial charge on any atom is -0.489 e. The van der Waals surface area contributed by atoms with Gasteiger partial charge in [0.25, 0.3) is 11.1 Å². The van der Waals surface area contributed by atoms with E-state index in [-0.39, 0.29) is 4.91 Å². The number of hydrogen-bond acceptors (Lipinski definition) is 5. The van der Waals surface area contributed by atoms with Crippen molar-refractivity contribution in [2.24, 2.45) is 0 Å². The predicted molar refractivity (Wildman–Crippen MR) is 147 cm³/mol. The second-order valence-electron chi connectivity index (χ2n) is 8.29. The van der Waals surface area contributed by atoms with Crippen molar-refractivity contribution in [3.63, 3.8) is 0 Å². The molecule has 0 radical (unpaired) electrons. The number of imide groups is 1. The van der Waals surface area contributed by atoms with E-state index in [0.717, 1.165) is 38.6 Å². The number of ether oxygens (including phenoxy) is 1. The van der Waals surface area contributed by atoms with Crippen molar-refractivity contribution < 1.29 is 19.1 Å². The maximum Gasteiger partial charge on any atom is 0.294 e. The number of benzene rings is 4. The van der Waals surface area contributed by atoms with Crippen LogP contribution in [0.2, 0.25) is 5.02 Å². The highest BCUT2D eigenvalue weighted by Crippen LogP contribution is 2.32. The largest absolute Gasteiger partial charge is 0.489 e. The summed E-state index contributed by atoms with van der Waals surface area (Å²) in [5.74, 6) is -0.334. The smallest absolute Gasteiger partial charge is 0.294 e. The highest BCUT2D eigenvalue weighted by molar-refractivity contribution is 8.18. The Bertz CT molecular complexity index is 1530. The van der Waals surface area contributed by atoms with Crippen molar-refractivity contribution in [2.75, 3.05) is 11.9 Å². The third-order valence-corrected chi connectivity index (χ3v) is 7.01. The minimum atomic E-state index is -0.513. The number of carbonyl (C=O) groups is 3. The van der Waals surface area contributed by atoms with E-state index in [1.165, 1.54) is 0 Å². The number of thioether (sulfide) groups is 1. The fraction of sp³-hybridized carbons (Fsp3) is 0.0690. The molecule has 0 spiro atoms. The first-order valence-electron chi connectivity index (χ1n) is 11.5. The maximum absolute atomic E-state index is 12.8. The van der Waals surface area contributed by atoms with Crippen LogP contribution in [0.25, 0.3) is 16.8 Å². The summed E-state index contributed by atoms with van der Waals surface area (Å²) in [6.07, 6.45) is 1.63. The van der Waals surface area contributed by atoms with E-state index < -0.39 is 23.6 Å². The van der Waals surface area contributed by atoms with Crippen LogP contribution in [0.15, 0.2) is 95.9 Å². The van der Waals surface area contributed by atoms with E-state index in [0.29, 0.717) is 23.1 Å². The van der Waals surface area contributed by atoms with Gasteiger partial charge in [0.15, 0.2) is 0 Å². The van der Waals surface area contributed by atoms with Gasteiger partial charge in [-0.1, -0.05) is 78.3 Å². The number of hydrogen-bond donors (Lipinski definition) is 1. The zero-order valence-electron chi connectivity index (χ0n) is 19.5. The molecule has 3 amide bonds. The molecule has 0 unspecified atom stereocenters. The molecule has 1 aliphatic heterocycles. The Morgan fingerprint density at radius 2 is 1.65 bits per heavy atom. The fourth-order valence-corrected chi connectivity index (χ4v) is 4.94. The van der Waals surface area contributed by atoms with Crippen LogP contribution >= 0.6 is 23.4 Å². The molecular formula is C29H21ClN2O4S. The number of nitrogens with one attached hydrogen (secondary N) is 1. The van der Waals surface area contributed by atoms with Crippen molar-refractivity contribution in [3.8, 4) is 5.75 Å². The standard InChI is InChI=1S/C29H21ClN2O4S/c30-24-10-3-4-11-25(24)31-27(33)17-32-28(34)26(37-29(32)35)16-19-12-14-22(15-13-19)36-18-21-8-5-7-20-6-1-2-9-23(20)21/h1-16H,17-18H2,(H,31,33)/b26-16+. The molecule has 4 aromatic rings. The van der Waals surface area contributed by atoms with Crippen LogP contribution in [0, 0.1) is 0 Å². The van der Waals surface area contributed by atoms with E-state index in [4.69, 9.17) is 16.3 Å². The lowest BCUT2D eigenvalue weighted by atomic mass is 10.1. The van der Waals surface area contributed by atoms with Crippen LogP contribution in [-0.4, -0.2) is 28.5 Å². The molecule has 0 saturated carbocycles. The first-order chi connectivity index (χ1) is 18.0. The molecule has 6 nitrogen and oxygen atoms in total. The minimum absolute atomic E-state index is 0.250. The maximum atomic E-state index is 12.8. The lowest BCUT2D eigenvalue weighted by Crippen LogP contribution is -2.36. The van der Waals surface area contributed by atoms with Crippen molar-refractivity contribution in [2.45, 2.75) is 6.61 Å². The topological polar surface area (TPSA) is 75.7 Å². The summed E-state index contributed by atoms with van der Waals surface area (Å²) in [4.78, 5) is 38.8. The normalized spacial score (nSPS) is 14.4. The first-order valence-corrected chi connectivity index (χ1v) is 12.7. The lowest BCUT2D eigenvalue weighted by molar-refractivity contribution is -0.127. The van der Waals surface area contributed by atoms with Crippen LogP contribution in [0.1, 0.15) is 11.1 Å². The number of para-hydroxylation sites is 1. The molecule has 0 atom stereocenters. The molecule has 1 N–H and O–H groups in total. The summed E-state index contributed by atoms with van der Waals surface area (Å²) >= 11 is 6.86. The molecule has 0 aromatic heterocycles. The summed E-state index contributed by atoms with van der Waals surface area (Å²) in [6, 6.07) is 28.3. The van der Waals surface area contributed by atoms with Gasteiger partial charge in [-0.2, -0.15) is 0 Å². The molecule has 37 heavy (non-hydrogen) atoms. The SMILES string of the molecule is O=C(CN1C(=O)S/C(=C/c2ccc(OCc3cccc4ccccc34)cc2)C1=O)Nc1ccccc1Cl. The van der Waals surface area contributed by atoms with Gasteiger partial charge in [0.05, 0.1) is 15.6 Å². The second-order valence-corrected chi connectivity index (χ2v) is 9.69. The van der Waals surface area contributed by atoms with Crippen LogP contribution in [-0.2, 0) is 16.2 Å². The van der Waals surface area contributed by atoms with E-state index in [1.807, 2.05) is 48.5 Å². The van der Waals surface area contributed by atoms with Gasteiger partial charge in [0, 0.05) is 0 Å². The molecule has 0 aliphatic carbocycles. The van der Waals surface area contributed by atoms with Crippen LogP contribution in [0.4, 0.5) is 10.5 Å². The predicted octanol–water partition coefficient (Wildman–Crippen LogP) is 6.75. The summed E-state index contributed by atoms with van der Waals surface area (Å²) in [5.41, 5.74) is 2.25. The fourth-order valence-electron chi connectivity index (χ4n) is 3.92. The molecule has 1 saturated heterocycles. The average molecular weight is 529 g/mol. The Labute approximate surface area is 222 Å². The molecule has 1 aliphatic rings. The molecule has 1 heterocycles. The van der Waals surface area contributed by atoms with E-state index >= 15 is 0 Å². The van der Waals surface area contributed by atoms with Gasteiger partial charge in [0.1, 0.15) is 18.9 Å². The summed E-state index contributed by atoms with van der Waals surface area (Å²) in [6.45, 7) is 0.0318. The van der Waals surface area contributed by atoms with Crippen molar-refractivity contribution >= 4 is 63.0 Å². The van der Waals surface area contributed by atoms with Crippen LogP contribution in [0.3, 0.4) is 0 Å². The first kappa shape index (κ1) is 24.6. The molecule has 8 heteroatoms. The van der Waals surface area contributed by atoms with E-state index in [1.54, 1.807) is 30.3 Å². The zero-order valence-corrected chi connectivity index (χ0v) is 21.1. The Balaban J connectivity index is 1.21. The summed E-state index contributed by atoms with van der Waals surface area (Å²) in [5, 5.41) is 4.81. The summed E-state index contributed by atoms with van der Waals surface area (Å²) < 4.78 is 5.97. The highest BCUT2D eigenvalue weighted by atomic mass is 35.5.